The van der Waals surface area contributed by atoms with Gasteiger partial charge in [0.15, 0.2) is 5.78 Å². The zero-order chi connectivity index (χ0) is 17.3. The molecule has 0 radical (unpaired) electrons. The Kier molecular flexibility index (Phi) is 3.66. The molecule has 4 aliphatic rings. The summed E-state index contributed by atoms with van der Waals surface area (Å²) in [6.45, 7) is 6.40. The van der Waals surface area contributed by atoms with Gasteiger partial charge in [-0.3, -0.25) is 9.59 Å². The molecule has 3 saturated carbocycles. The summed E-state index contributed by atoms with van der Waals surface area (Å²) in [6.07, 6.45) is 10.9. The molecule has 0 spiro atoms. The lowest BCUT2D eigenvalue weighted by atomic mass is 9.47. The fraction of sp³-hybridized carbons (Fsp3) is 0.714. The smallest absolute Gasteiger partial charge is 0.178 e. The van der Waals surface area contributed by atoms with E-state index in [0.29, 0.717) is 23.5 Å². The number of halogens is 1. The zero-order valence-electron chi connectivity index (χ0n) is 14.8. The van der Waals surface area contributed by atoms with Crippen LogP contribution in [-0.2, 0) is 9.59 Å². The van der Waals surface area contributed by atoms with Crippen LogP contribution in [0.15, 0.2) is 23.8 Å². The maximum absolute atomic E-state index is 12.2. The molecule has 4 rings (SSSR count). The van der Waals surface area contributed by atoms with Crippen LogP contribution in [0, 0.1) is 34.5 Å². The van der Waals surface area contributed by atoms with Crippen molar-refractivity contribution in [2.75, 3.05) is 0 Å². The average Bonchev–Trinajstić information content (AvgIpc) is 2.86. The maximum Gasteiger partial charge on any atom is 0.178 e. The van der Waals surface area contributed by atoms with Crippen LogP contribution in [-0.4, -0.2) is 16.9 Å². The Morgan fingerprint density at radius 3 is 2.67 bits per heavy atom. The number of rotatable bonds is 1. The Hall–Kier alpha value is -0.890. The summed E-state index contributed by atoms with van der Waals surface area (Å²) in [5.41, 5.74) is 1.31. The van der Waals surface area contributed by atoms with E-state index in [1.807, 2.05) is 6.08 Å². The van der Waals surface area contributed by atoms with Crippen molar-refractivity contribution in [3.63, 3.8) is 0 Å². The second-order valence-electron chi connectivity index (χ2n) is 8.98. The van der Waals surface area contributed by atoms with Gasteiger partial charge >= 0.3 is 0 Å². The summed E-state index contributed by atoms with van der Waals surface area (Å²) in [5, 5.41) is 0.0870. The van der Waals surface area contributed by atoms with Gasteiger partial charge in [0.25, 0.3) is 0 Å². The standard InChI is InChI=1S/C21H27ClO2/c1-12(23)15-4-5-16-19-17(7-9-21(15,16)3)20(2)8-6-14(24)10-13(20)11-18(19)22/h6,8,10,15-19H,4-5,7,9,11H2,1-3H3/t15-,16+,17+,18-,19+,20+,21-/m1/s1. The molecule has 0 aromatic heterocycles. The highest BCUT2D eigenvalue weighted by Crippen LogP contribution is 2.66. The third kappa shape index (κ3) is 2.08. The van der Waals surface area contributed by atoms with E-state index < -0.39 is 0 Å². The van der Waals surface area contributed by atoms with E-state index in [2.05, 4.69) is 19.9 Å². The highest BCUT2D eigenvalue weighted by Gasteiger charge is 2.61. The molecule has 0 aliphatic heterocycles. The van der Waals surface area contributed by atoms with Crippen molar-refractivity contribution in [1.29, 1.82) is 0 Å². The van der Waals surface area contributed by atoms with Gasteiger partial charge in [0.05, 0.1) is 0 Å². The fourth-order valence-corrected chi connectivity index (χ4v) is 7.31. The van der Waals surface area contributed by atoms with Crippen LogP contribution in [0.2, 0.25) is 0 Å². The number of carbonyl (C=O) groups excluding carboxylic acids is 2. The molecule has 7 atom stereocenters. The Bertz CT molecular complexity index is 663. The van der Waals surface area contributed by atoms with E-state index in [4.69, 9.17) is 11.6 Å². The number of carbonyl (C=O) groups is 2. The predicted molar refractivity (Wildman–Crippen MR) is 95.8 cm³/mol. The van der Waals surface area contributed by atoms with Gasteiger partial charge in [-0.25, -0.2) is 0 Å². The molecule has 0 saturated heterocycles. The molecular formula is C21H27ClO2. The summed E-state index contributed by atoms with van der Waals surface area (Å²) in [5.74, 6) is 2.15. The van der Waals surface area contributed by atoms with Gasteiger partial charge in [-0.05, 0) is 74.3 Å². The highest BCUT2D eigenvalue weighted by molar-refractivity contribution is 6.21. The molecular weight excluding hydrogens is 320 g/mol. The van der Waals surface area contributed by atoms with Gasteiger partial charge < -0.3 is 0 Å². The van der Waals surface area contributed by atoms with Gasteiger partial charge in [0.1, 0.15) is 5.78 Å². The summed E-state index contributed by atoms with van der Waals surface area (Å²) in [6, 6.07) is 0. The normalized spacial score (nSPS) is 49.9. The minimum absolute atomic E-state index is 0.0282. The lowest BCUT2D eigenvalue weighted by molar-refractivity contribution is -0.127. The molecule has 3 heteroatoms. The second kappa shape index (κ2) is 5.30. The van der Waals surface area contributed by atoms with E-state index in [-0.39, 0.29) is 27.9 Å². The predicted octanol–water partition coefficient (Wildman–Crippen LogP) is 4.72. The molecule has 0 bridgehead atoms. The van der Waals surface area contributed by atoms with Crippen molar-refractivity contribution in [2.24, 2.45) is 34.5 Å². The number of allylic oxidation sites excluding steroid dienone is 4. The molecule has 3 fully saturated rings. The minimum Gasteiger partial charge on any atom is -0.300 e. The van der Waals surface area contributed by atoms with E-state index in [1.54, 1.807) is 13.0 Å². The zero-order valence-corrected chi connectivity index (χ0v) is 15.6. The first kappa shape index (κ1) is 16.6. The molecule has 0 aromatic rings. The van der Waals surface area contributed by atoms with Gasteiger partial charge in [-0.1, -0.05) is 25.5 Å². The monoisotopic (exact) mass is 346 g/mol. The molecule has 0 unspecified atom stereocenters. The van der Waals surface area contributed by atoms with E-state index in [9.17, 15) is 9.59 Å². The van der Waals surface area contributed by atoms with E-state index in [0.717, 1.165) is 32.1 Å². The maximum atomic E-state index is 12.2. The largest absolute Gasteiger partial charge is 0.300 e. The second-order valence-corrected chi connectivity index (χ2v) is 9.54. The number of Topliss-reactive ketones (excluding diaryl/α,β-unsaturated/α-hetero) is 1. The molecule has 130 valence electrons. The molecule has 0 aromatic carbocycles. The van der Waals surface area contributed by atoms with Crippen molar-refractivity contribution in [1.82, 2.24) is 0 Å². The van der Waals surface area contributed by atoms with Gasteiger partial charge in [-0.2, -0.15) is 0 Å². The van der Waals surface area contributed by atoms with Crippen LogP contribution >= 0.6 is 11.6 Å². The summed E-state index contributed by atoms with van der Waals surface area (Å²) in [4.78, 5) is 24.0. The first-order valence-corrected chi connectivity index (χ1v) is 9.80. The van der Waals surface area contributed by atoms with Crippen LogP contribution in [0.25, 0.3) is 0 Å². The van der Waals surface area contributed by atoms with Crippen LogP contribution in [0.4, 0.5) is 0 Å². The highest BCUT2D eigenvalue weighted by atomic mass is 35.5. The number of alkyl halides is 1. The number of ketones is 2. The molecule has 4 aliphatic carbocycles. The van der Waals surface area contributed by atoms with Crippen molar-refractivity contribution in [2.45, 2.75) is 58.3 Å². The van der Waals surface area contributed by atoms with Gasteiger partial charge in [0.2, 0.25) is 0 Å². The van der Waals surface area contributed by atoms with E-state index in [1.165, 1.54) is 5.57 Å². The van der Waals surface area contributed by atoms with Crippen molar-refractivity contribution in [3.8, 4) is 0 Å². The van der Waals surface area contributed by atoms with Crippen molar-refractivity contribution < 1.29 is 9.59 Å². The van der Waals surface area contributed by atoms with Crippen molar-refractivity contribution in [3.05, 3.63) is 23.8 Å². The summed E-state index contributed by atoms with van der Waals surface area (Å²) >= 11 is 6.91. The first-order valence-electron chi connectivity index (χ1n) is 9.36. The molecule has 0 N–H and O–H groups in total. The van der Waals surface area contributed by atoms with Crippen molar-refractivity contribution >= 4 is 23.2 Å². The third-order valence-corrected chi connectivity index (χ3v) is 8.47. The Morgan fingerprint density at radius 1 is 1.21 bits per heavy atom. The lowest BCUT2D eigenvalue weighted by Gasteiger charge is -2.58. The molecule has 0 amide bonds. The number of fused-ring (bicyclic) bond motifs is 5. The Balaban J connectivity index is 1.73. The SMILES string of the molecule is CC(=O)[C@H]1CC[C@H]2[C@@H]3[C@H](Cl)CC4=CC(=O)C=C[C@]4(C)[C@H]3CC[C@]12C. The quantitative estimate of drug-likeness (QED) is 0.644. The summed E-state index contributed by atoms with van der Waals surface area (Å²) in [7, 11) is 0. The third-order valence-electron chi connectivity index (χ3n) is 8.03. The van der Waals surface area contributed by atoms with Crippen LogP contribution < -0.4 is 0 Å². The van der Waals surface area contributed by atoms with Gasteiger partial charge in [0, 0.05) is 16.7 Å². The number of hydrogen-bond acceptors (Lipinski definition) is 2. The molecule has 2 nitrogen and oxygen atoms in total. The average molecular weight is 347 g/mol. The minimum atomic E-state index is -0.0282. The number of hydrogen-bond donors (Lipinski definition) is 0. The molecule has 0 heterocycles. The summed E-state index contributed by atoms with van der Waals surface area (Å²) < 4.78 is 0. The van der Waals surface area contributed by atoms with Crippen LogP contribution in [0.3, 0.4) is 0 Å². The molecule has 24 heavy (non-hydrogen) atoms. The van der Waals surface area contributed by atoms with Gasteiger partial charge in [-0.15, -0.1) is 11.6 Å². The topological polar surface area (TPSA) is 34.1 Å². The van der Waals surface area contributed by atoms with E-state index >= 15 is 0 Å². The van der Waals surface area contributed by atoms with Crippen LogP contribution in [0.5, 0.6) is 0 Å². The fourth-order valence-electron chi connectivity index (χ4n) is 6.79. The lowest BCUT2D eigenvalue weighted by Crippen LogP contribution is -2.53. The van der Waals surface area contributed by atoms with Crippen LogP contribution in [0.1, 0.15) is 52.9 Å². The Labute approximate surface area is 149 Å². The first-order chi connectivity index (χ1) is 11.3. The Morgan fingerprint density at radius 2 is 1.96 bits per heavy atom.